The summed E-state index contributed by atoms with van der Waals surface area (Å²) in [7, 11) is 1.98. The second-order valence-corrected chi connectivity index (χ2v) is 4.63. The summed E-state index contributed by atoms with van der Waals surface area (Å²) < 4.78 is 0. The van der Waals surface area contributed by atoms with E-state index in [0.717, 1.165) is 17.1 Å². The molecule has 0 saturated heterocycles. The third-order valence-electron chi connectivity index (χ3n) is 2.63. The third kappa shape index (κ3) is 2.46. The van der Waals surface area contributed by atoms with Crippen LogP contribution in [0.1, 0.15) is 22.3 Å². The molecular weight excluding hydrogens is 218 g/mol. The first kappa shape index (κ1) is 11.2. The third-order valence-corrected chi connectivity index (χ3v) is 3.44. The van der Waals surface area contributed by atoms with Crippen LogP contribution in [0.25, 0.3) is 0 Å². The van der Waals surface area contributed by atoms with Gasteiger partial charge in [-0.2, -0.15) is 0 Å². The Morgan fingerprint density at radius 1 is 1.38 bits per heavy atom. The van der Waals surface area contributed by atoms with Gasteiger partial charge >= 0.3 is 0 Å². The highest BCUT2D eigenvalue weighted by Crippen LogP contribution is 2.20. The summed E-state index contributed by atoms with van der Waals surface area (Å²) >= 11 is 1.70. The molecule has 2 aromatic rings. The van der Waals surface area contributed by atoms with E-state index in [2.05, 4.69) is 21.4 Å². The van der Waals surface area contributed by atoms with Gasteiger partial charge in [-0.25, -0.2) is 4.98 Å². The van der Waals surface area contributed by atoms with E-state index >= 15 is 0 Å². The Balaban J connectivity index is 2.20. The van der Waals surface area contributed by atoms with Crippen molar-refractivity contribution in [2.45, 2.75) is 19.4 Å². The molecule has 4 heteroatoms. The topological polar surface area (TPSA) is 37.8 Å². The van der Waals surface area contributed by atoms with E-state index in [0.29, 0.717) is 6.04 Å². The Morgan fingerprint density at radius 2 is 2.25 bits per heavy atom. The molecule has 0 saturated carbocycles. The Bertz CT molecular complexity index is 439. The summed E-state index contributed by atoms with van der Waals surface area (Å²) in [6, 6.07) is 4.39. The van der Waals surface area contributed by atoms with Gasteiger partial charge in [-0.3, -0.25) is 4.98 Å². The lowest BCUT2D eigenvalue weighted by molar-refractivity contribution is 0.584. The van der Waals surface area contributed by atoms with Crippen LogP contribution in [-0.4, -0.2) is 17.0 Å². The molecule has 2 heterocycles. The quantitative estimate of drug-likeness (QED) is 0.881. The number of aryl methyl sites for hydroxylation is 1. The highest BCUT2D eigenvalue weighted by molar-refractivity contribution is 7.09. The van der Waals surface area contributed by atoms with E-state index in [1.54, 1.807) is 11.3 Å². The van der Waals surface area contributed by atoms with Gasteiger partial charge in [0.2, 0.25) is 0 Å². The molecule has 2 rings (SSSR count). The molecule has 0 aromatic carbocycles. The molecule has 0 bridgehead atoms. The average molecular weight is 233 g/mol. The molecule has 0 fully saturated rings. The van der Waals surface area contributed by atoms with Crippen molar-refractivity contribution in [3.05, 3.63) is 46.2 Å². The van der Waals surface area contributed by atoms with E-state index < -0.39 is 0 Å². The molecule has 0 spiro atoms. The summed E-state index contributed by atoms with van der Waals surface area (Å²) in [6.07, 6.45) is 4.60. The van der Waals surface area contributed by atoms with Gasteiger partial charge in [0, 0.05) is 35.9 Å². The van der Waals surface area contributed by atoms with E-state index in [9.17, 15) is 0 Å². The molecule has 1 N–H and O–H groups in total. The first-order valence-electron chi connectivity index (χ1n) is 5.28. The molecule has 2 aromatic heterocycles. The zero-order valence-corrected chi connectivity index (χ0v) is 10.3. The van der Waals surface area contributed by atoms with Crippen LogP contribution in [-0.2, 0) is 6.42 Å². The van der Waals surface area contributed by atoms with Crippen LogP contribution in [0.5, 0.6) is 0 Å². The van der Waals surface area contributed by atoms with Gasteiger partial charge in [0.1, 0.15) is 0 Å². The fourth-order valence-electron chi connectivity index (χ4n) is 1.76. The van der Waals surface area contributed by atoms with E-state index in [1.165, 1.54) is 5.56 Å². The molecule has 0 amide bonds. The second kappa shape index (κ2) is 5.18. The summed E-state index contributed by atoms with van der Waals surface area (Å²) in [4.78, 5) is 8.64. The van der Waals surface area contributed by atoms with Crippen molar-refractivity contribution < 1.29 is 0 Å². The number of pyridine rings is 1. The number of hydrogen-bond acceptors (Lipinski definition) is 4. The molecule has 1 atom stereocenters. The smallest absolute Gasteiger partial charge is 0.0943 e. The van der Waals surface area contributed by atoms with E-state index in [-0.39, 0.29) is 0 Å². The van der Waals surface area contributed by atoms with Crippen molar-refractivity contribution in [3.8, 4) is 0 Å². The number of rotatable bonds is 4. The van der Waals surface area contributed by atoms with E-state index in [1.807, 2.05) is 37.8 Å². The fraction of sp³-hybridized carbons (Fsp3) is 0.333. The van der Waals surface area contributed by atoms with Crippen molar-refractivity contribution in [1.82, 2.24) is 15.3 Å². The first-order valence-corrected chi connectivity index (χ1v) is 6.16. The Kier molecular flexibility index (Phi) is 3.64. The molecule has 0 aliphatic carbocycles. The normalized spacial score (nSPS) is 12.6. The zero-order chi connectivity index (χ0) is 11.4. The molecule has 0 radical (unpaired) electrons. The lowest BCUT2D eigenvalue weighted by Crippen LogP contribution is -2.20. The van der Waals surface area contributed by atoms with Gasteiger partial charge < -0.3 is 5.32 Å². The van der Waals surface area contributed by atoms with Crippen molar-refractivity contribution >= 4 is 11.3 Å². The van der Waals surface area contributed by atoms with E-state index in [4.69, 9.17) is 0 Å². The molecule has 0 aliphatic heterocycles. The van der Waals surface area contributed by atoms with Crippen molar-refractivity contribution in [1.29, 1.82) is 0 Å². The highest BCUT2D eigenvalue weighted by Gasteiger charge is 2.13. The van der Waals surface area contributed by atoms with Crippen LogP contribution in [0.15, 0.2) is 29.9 Å². The van der Waals surface area contributed by atoms with Crippen molar-refractivity contribution in [2.75, 3.05) is 7.05 Å². The van der Waals surface area contributed by atoms with Crippen LogP contribution in [0, 0.1) is 6.92 Å². The Hall–Kier alpha value is -1.26. The molecular formula is C12H15N3S. The summed E-state index contributed by atoms with van der Waals surface area (Å²) in [6.45, 7) is 2.04. The zero-order valence-electron chi connectivity index (χ0n) is 9.47. The summed E-state index contributed by atoms with van der Waals surface area (Å²) in [5.74, 6) is 0. The van der Waals surface area contributed by atoms with Gasteiger partial charge in [-0.1, -0.05) is 6.07 Å². The molecule has 1 unspecified atom stereocenters. The summed E-state index contributed by atoms with van der Waals surface area (Å²) in [5, 5.41) is 6.49. The standard InChI is InChI=1S/C12H15N3S/c1-9-10(4-3-5-14-9)11(13-2)8-12-15-6-7-16-12/h3-7,11,13H,8H2,1-2H3. The molecule has 84 valence electrons. The maximum absolute atomic E-state index is 4.32. The average Bonchev–Trinajstić information content (AvgIpc) is 2.80. The number of nitrogens with zero attached hydrogens (tertiary/aromatic N) is 2. The lowest BCUT2D eigenvalue weighted by atomic mass is 10.0. The van der Waals surface area contributed by atoms with Crippen LogP contribution in [0.3, 0.4) is 0 Å². The predicted octanol–water partition coefficient (Wildman–Crippen LogP) is 2.35. The van der Waals surface area contributed by atoms with Gasteiger partial charge in [-0.05, 0) is 25.6 Å². The van der Waals surface area contributed by atoms with Crippen LogP contribution >= 0.6 is 11.3 Å². The molecule has 0 aliphatic rings. The van der Waals surface area contributed by atoms with Crippen LogP contribution in [0.2, 0.25) is 0 Å². The maximum Gasteiger partial charge on any atom is 0.0943 e. The monoisotopic (exact) mass is 233 g/mol. The number of likely N-dealkylation sites (N-methyl/N-ethyl adjacent to an activating group) is 1. The van der Waals surface area contributed by atoms with Crippen LogP contribution < -0.4 is 5.32 Å². The molecule has 3 nitrogen and oxygen atoms in total. The highest BCUT2D eigenvalue weighted by atomic mass is 32.1. The van der Waals surface area contributed by atoms with Crippen molar-refractivity contribution in [2.24, 2.45) is 0 Å². The van der Waals surface area contributed by atoms with Gasteiger partial charge in [0.25, 0.3) is 0 Å². The minimum absolute atomic E-state index is 0.292. The van der Waals surface area contributed by atoms with Gasteiger partial charge in [0.05, 0.1) is 5.01 Å². The minimum Gasteiger partial charge on any atom is -0.313 e. The number of nitrogens with one attached hydrogen (secondary N) is 1. The fourth-order valence-corrected chi connectivity index (χ4v) is 2.42. The lowest BCUT2D eigenvalue weighted by Gasteiger charge is -2.16. The largest absolute Gasteiger partial charge is 0.313 e. The summed E-state index contributed by atoms with van der Waals surface area (Å²) in [5.41, 5.74) is 2.33. The number of thiazole rings is 1. The van der Waals surface area contributed by atoms with Gasteiger partial charge in [-0.15, -0.1) is 11.3 Å². The Labute approximate surface area is 99.6 Å². The van der Waals surface area contributed by atoms with Gasteiger partial charge in [0.15, 0.2) is 0 Å². The Morgan fingerprint density at radius 3 is 2.88 bits per heavy atom. The predicted molar refractivity (Wildman–Crippen MR) is 66.6 cm³/mol. The number of hydrogen-bond donors (Lipinski definition) is 1. The molecule has 16 heavy (non-hydrogen) atoms. The maximum atomic E-state index is 4.32. The number of aromatic nitrogens is 2. The first-order chi connectivity index (χ1) is 7.81. The SMILES string of the molecule is CNC(Cc1nccs1)c1cccnc1C. The van der Waals surface area contributed by atoms with Crippen LogP contribution in [0.4, 0.5) is 0 Å². The minimum atomic E-state index is 0.292. The second-order valence-electron chi connectivity index (χ2n) is 3.65. The van der Waals surface area contributed by atoms with Crippen molar-refractivity contribution in [3.63, 3.8) is 0 Å².